The minimum atomic E-state index is -3.60. The molecule has 0 N–H and O–H groups in total. The summed E-state index contributed by atoms with van der Waals surface area (Å²) in [5.74, 6) is 0. The smallest absolute Gasteiger partial charge is 0.260 e. The van der Waals surface area contributed by atoms with Gasteiger partial charge in [-0.3, -0.25) is 4.98 Å². The summed E-state index contributed by atoms with van der Waals surface area (Å²) >= 11 is 0. The fourth-order valence-electron chi connectivity index (χ4n) is 2.94. The molecule has 0 bridgehead atoms. The van der Waals surface area contributed by atoms with E-state index >= 15 is 0 Å². The van der Waals surface area contributed by atoms with Crippen molar-refractivity contribution in [3.05, 3.63) is 30.1 Å². The second-order valence-electron chi connectivity index (χ2n) is 5.88. The molecule has 0 aromatic carbocycles. The molecule has 2 rings (SSSR count). The predicted octanol–water partition coefficient (Wildman–Crippen LogP) is 2.31. The molecule has 0 radical (unpaired) electrons. The van der Waals surface area contributed by atoms with E-state index in [1.807, 2.05) is 12.1 Å². The predicted molar refractivity (Wildman–Crippen MR) is 88.4 cm³/mol. The Bertz CT molecular complexity index is 621. The Balaban J connectivity index is 2.16. The lowest BCUT2D eigenvalue weighted by Crippen LogP contribution is -2.47. The molecule has 126 valence electrons. The number of hydrogen-bond acceptors (Lipinski definition) is 4. The van der Waals surface area contributed by atoms with Crippen molar-refractivity contribution in [3.63, 3.8) is 0 Å². The summed E-state index contributed by atoms with van der Waals surface area (Å²) in [5, 5.41) is 8.83. The van der Waals surface area contributed by atoms with Crippen LogP contribution in [0, 0.1) is 11.3 Å². The quantitative estimate of drug-likeness (QED) is 0.765. The molecular formula is C16H24N4O2S. The van der Waals surface area contributed by atoms with E-state index < -0.39 is 10.2 Å². The van der Waals surface area contributed by atoms with Crippen molar-refractivity contribution in [2.24, 2.45) is 0 Å². The van der Waals surface area contributed by atoms with Crippen LogP contribution in [0.2, 0.25) is 0 Å². The van der Waals surface area contributed by atoms with Gasteiger partial charge in [0.15, 0.2) is 0 Å². The lowest BCUT2D eigenvalue weighted by Gasteiger charge is -2.34. The molecule has 23 heavy (non-hydrogen) atoms. The highest BCUT2D eigenvalue weighted by Crippen LogP contribution is 2.25. The first kappa shape index (κ1) is 17.9. The molecule has 0 atom stereocenters. The zero-order valence-electron chi connectivity index (χ0n) is 13.6. The number of nitriles is 1. The molecule has 1 heterocycles. The van der Waals surface area contributed by atoms with Crippen molar-refractivity contribution in [3.8, 4) is 6.07 Å². The van der Waals surface area contributed by atoms with E-state index in [1.54, 1.807) is 25.4 Å². The van der Waals surface area contributed by atoms with Crippen LogP contribution >= 0.6 is 0 Å². The monoisotopic (exact) mass is 336 g/mol. The molecule has 7 heteroatoms. The Morgan fingerprint density at radius 2 is 2.04 bits per heavy atom. The maximum absolute atomic E-state index is 13.0. The van der Waals surface area contributed by atoms with Gasteiger partial charge in [0.1, 0.15) is 0 Å². The van der Waals surface area contributed by atoms with Gasteiger partial charge in [-0.05, 0) is 25.0 Å². The number of pyridine rings is 1. The van der Waals surface area contributed by atoms with Crippen molar-refractivity contribution in [2.45, 2.75) is 51.1 Å². The number of hydrogen-bond donors (Lipinski definition) is 0. The second-order valence-corrected chi connectivity index (χ2v) is 7.87. The van der Waals surface area contributed by atoms with Gasteiger partial charge < -0.3 is 0 Å². The van der Waals surface area contributed by atoms with Crippen LogP contribution in [0.4, 0.5) is 0 Å². The summed E-state index contributed by atoms with van der Waals surface area (Å²) in [5.41, 5.74) is 0.686. The maximum Gasteiger partial charge on any atom is 0.282 e. The molecule has 1 saturated carbocycles. The van der Waals surface area contributed by atoms with Gasteiger partial charge in [-0.1, -0.05) is 25.3 Å². The summed E-state index contributed by atoms with van der Waals surface area (Å²) in [6, 6.07) is 7.52. The van der Waals surface area contributed by atoms with Crippen LogP contribution < -0.4 is 0 Å². The van der Waals surface area contributed by atoms with Gasteiger partial charge in [0.2, 0.25) is 0 Å². The molecule has 1 fully saturated rings. The Morgan fingerprint density at radius 3 is 2.65 bits per heavy atom. The molecule has 0 spiro atoms. The van der Waals surface area contributed by atoms with Gasteiger partial charge in [-0.15, -0.1) is 0 Å². The van der Waals surface area contributed by atoms with Crippen LogP contribution in [0.25, 0.3) is 0 Å². The third-order valence-corrected chi connectivity index (χ3v) is 6.31. The Morgan fingerprint density at radius 1 is 1.30 bits per heavy atom. The molecular weight excluding hydrogens is 312 g/mol. The summed E-state index contributed by atoms with van der Waals surface area (Å²) < 4.78 is 28.8. The van der Waals surface area contributed by atoms with Crippen molar-refractivity contribution < 1.29 is 8.42 Å². The van der Waals surface area contributed by atoms with Crippen LogP contribution in [-0.4, -0.2) is 41.6 Å². The first-order valence-corrected chi connectivity index (χ1v) is 9.45. The number of aromatic nitrogens is 1. The fraction of sp³-hybridized carbons (Fsp3) is 0.625. The van der Waals surface area contributed by atoms with E-state index in [1.165, 1.54) is 15.0 Å². The zero-order chi connectivity index (χ0) is 16.7. The fourth-order valence-corrected chi connectivity index (χ4v) is 4.51. The molecule has 1 aromatic heterocycles. The van der Waals surface area contributed by atoms with Crippen LogP contribution in [0.1, 0.15) is 44.2 Å². The van der Waals surface area contributed by atoms with E-state index in [2.05, 4.69) is 4.98 Å². The second kappa shape index (κ2) is 8.39. The van der Waals surface area contributed by atoms with Crippen LogP contribution in [0.15, 0.2) is 24.4 Å². The normalized spacial score (nSPS) is 16.6. The topological polar surface area (TPSA) is 77.3 Å². The number of nitrogens with zero attached hydrogens (tertiary/aromatic N) is 4. The first-order chi connectivity index (χ1) is 11.1. The highest BCUT2D eigenvalue weighted by molar-refractivity contribution is 7.86. The average molecular weight is 336 g/mol. The zero-order valence-corrected chi connectivity index (χ0v) is 14.4. The van der Waals surface area contributed by atoms with Crippen LogP contribution in [-0.2, 0) is 16.8 Å². The summed E-state index contributed by atoms with van der Waals surface area (Å²) in [6.45, 7) is 0.383. The molecule has 1 aliphatic carbocycles. The van der Waals surface area contributed by atoms with Gasteiger partial charge in [-0.2, -0.15) is 22.3 Å². The third-order valence-electron chi connectivity index (χ3n) is 4.32. The largest absolute Gasteiger partial charge is 0.282 e. The Hall–Kier alpha value is -1.49. The van der Waals surface area contributed by atoms with Crippen LogP contribution in [0.5, 0.6) is 0 Å². The van der Waals surface area contributed by atoms with Crippen molar-refractivity contribution in [1.29, 1.82) is 5.26 Å². The van der Waals surface area contributed by atoms with Gasteiger partial charge in [-0.25, -0.2) is 0 Å². The van der Waals surface area contributed by atoms with Gasteiger partial charge in [0.25, 0.3) is 10.2 Å². The Kier molecular flexibility index (Phi) is 6.51. The Labute approximate surface area is 138 Å². The van der Waals surface area contributed by atoms with Crippen molar-refractivity contribution in [2.75, 3.05) is 13.6 Å². The molecule has 0 aliphatic heterocycles. The minimum Gasteiger partial charge on any atom is -0.260 e. The van der Waals surface area contributed by atoms with E-state index in [-0.39, 0.29) is 25.6 Å². The average Bonchev–Trinajstić information content (AvgIpc) is 2.59. The van der Waals surface area contributed by atoms with E-state index in [9.17, 15) is 8.42 Å². The third kappa shape index (κ3) is 4.74. The standard InChI is InChI=1S/C16H24N4O2S/c1-19(16-9-3-2-4-10-16)23(21,22)20(13-7-11-17)14-15-8-5-6-12-18-15/h5-6,8,12,16H,2-4,7,9-10,13-14H2,1H3. The summed E-state index contributed by atoms with van der Waals surface area (Å²) in [7, 11) is -1.94. The minimum absolute atomic E-state index is 0.0575. The lowest BCUT2D eigenvalue weighted by atomic mass is 9.96. The molecule has 0 saturated heterocycles. The van der Waals surface area contributed by atoms with Gasteiger partial charge in [0, 0.05) is 32.3 Å². The van der Waals surface area contributed by atoms with Gasteiger partial charge >= 0.3 is 0 Å². The van der Waals surface area contributed by atoms with Crippen LogP contribution in [0.3, 0.4) is 0 Å². The molecule has 1 aromatic rings. The van der Waals surface area contributed by atoms with E-state index in [0.29, 0.717) is 5.69 Å². The molecule has 1 aliphatic rings. The first-order valence-electron chi connectivity index (χ1n) is 8.05. The van der Waals surface area contributed by atoms with Crippen molar-refractivity contribution in [1.82, 2.24) is 13.6 Å². The number of rotatable bonds is 7. The molecule has 0 unspecified atom stereocenters. The summed E-state index contributed by atoms with van der Waals surface area (Å²) in [4.78, 5) is 4.20. The highest BCUT2D eigenvalue weighted by Gasteiger charge is 2.32. The van der Waals surface area contributed by atoms with Gasteiger partial charge in [0.05, 0.1) is 18.3 Å². The maximum atomic E-state index is 13.0. The highest BCUT2D eigenvalue weighted by atomic mass is 32.2. The SMILES string of the molecule is CN(C1CCCCC1)S(=O)(=O)N(CCC#N)Cc1ccccn1. The molecule has 0 amide bonds. The van der Waals surface area contributed by atoms with E-state index in [0.717, 1.165) is 25.7 Å². The lowest BCUT2D eigenvalue weighted by molar-refractivity contribution is 0.261. The van der Waals surface area contributed by atoms with E-state index in [4.69, 9.17) is 5.26 Å². The summed E-state index contributed by atoms with van der Waals surface area (Å²) in [6.07, 6.45) is 6.96. The molecule has 6 nitrogen and oxygen atoms in total. The van der Waals surface area contributed by atoms with Crippen molar-refractivity contribution >= 4 is 10.2 Å².